The molecule has 2 heteroatoms. The first-order valence-corrected chi connectivity index (χ1v) is 16.8. The summed E-state index contributed by atoms with van der Waals surface area (Å²) in [6, 6.07) is 30.1. The highest BCUT2D eigenvalue weighted by Gasteiger charge is 2.28. The van der Waals surface area contributed by atoms with Gasteiger partial charge in [-0.3, -0.25) is 0 Å². The molecule has 0 bridgehead atoms. The highest BCUT2D eigenvalue weighted by molar-refractivity contribution is 5.54. The van der Waals surface area contributed by atoms with Gasteiger partial charge in [-0.25, -0.2) is 0 Å². The van der Waals surface area contributed by atoms with Crippen LogP contribution in [0.25, 0.3) is 0 Å². The van der Waals surface area contributed by atoms with E-state index in [-0.39, 0.29) is 11.8 Å². The van der Waals surface area contributed by atoms with Crippen molar-refractivity contribution in [1.29, 1.82) is 0 Å². The Morgan fingerprint density at radius 2 is 0.884 bits per heavy atom. The molecular formula is C41H48O2. The highest BCUT2D eigenvalue weighted by atomic mass is 16.3. The molecule has 2 fully saturated rings. The van der Waals surface area contributed by atoms with Gasteiger partial charge in [-0.15, -0.1) is 0 Å². The fraction of sp³-hybridized carbons (Fsp3) is 0.415. The minimum Gasteiger partial charge on any atom is -0.508 e. The third-order valence-electron chi connectivity index (χ3n) is 10.5. The smallest absolute Gasteiger partial charge is 0.119 e. The van der Waals surface area contributed by atoms with E-state index in [9.17, 15) is 10.2 Å². The SMILES string of the molecule is CC(c1ccccc1)c1cc(O)c(C2CCCCC2)c(Cc2cc(C(C)c3ccccc3)cc(O)c2C2CCCCC2)c1. The highest BCUT2D eigenvalue weighted by Crippen LogP contribution is 2.45. The van der Waals surface area contributed by atoms with Gasteiger partial charge in [0.05, 0.1) is 0 Å². The summed E-state index contributed by atoms with van der Waals surface area (Å²) in [6.45, 7) is 4.49. The predicted octanol–water partition coefficient (Wildman–Crippen LogP) is 11.1. The van der Waals surface area contributed by atoms with Gasteiger partial charge in [-0.2, -0.15) is 0 Å². The number of benzene rings is 4. The summed E-state index contributed by atoms with van der Waals surface area (Å²) < 4.78 is 0. The summed E-state index contributed by atoms with van der Waals surface area (Å²) in [5.41, 5.74) is 9.64. The maximum absolute atomic E-state index is 11.7. The molecule has 0 saturated heterocycles. The first-order chi connectivity index (χ1) is 21.0. The zero-order valence-corrected chi connectivity index (χ0v) is 26.1. The lowest BCUT2D eigenvalue weighted by Gasteiger charge is -2.29. The Kier molecular flexibility index (Phi) is 9.22. The van der Waals surface area contributed by atoms with Crippen molar-refractivity contribution in [2.45, 2.75) is 108 Å². The van der Waals surface area contributed by atoms with Crippen LogP contribution in [-0.2, 0) is 6.42 Å². The quantitative estimate of drug-likeness (QED) is 0.220. The average molecular weight is 573 g/mol. The molecule has 43 heavy (non-hydrogen) atoms. The van der Waals surface area contributed by atoms with E-state index in [1.807, 2.05) is 12.1 Å². The van der Waals surface area contributed by atoms with Crippen molar-refractivity contribution in [3.63, 3.8) is 0 Å². The molecule has 224 valence electrons. The fourth-order valence-electron chi connectivity index (χ4n) is 8.03. The Bertz CT molecular complexity index is 1380. The number of phenolic OH excluding ortho intramolecular Hbond substituents is 2. The molecule has 0 radical (unpaired) electrons. The van der Waals surface area contributed by atoms with E-state index in [4.69, 9.17) is 0 Å². The lowest BCUT2D eigenvalue weighted by Crippen LogP contribution is -2.13. The predicted molar refractivity (Wildman–Crippen MR) is 179 cm³/mol. The number of aromatic hydroxyl groups is 2. The van der Waals surface area contributed by atoms with E-state index in [2.05, 4.69) is 86.6 Å². The third kappa shape index (κ3) is 6.54. The topological polar surface area (TPSA) is 40.5 Å². The van der Waals surface area contributed by atoms with E-state index >= 15 is 0 Å². The molecule has 2 aliphatic rings. The Morgan fingerprint density at radius 1 is 0.512 bits per heavy atom. The van der Waals surface area contributed by atoms with Gasteiger partial charge in [0.15, 0.2) is 0 Å². The fourth-order valence-corrected chi connectivity index (χ4v) is 8.03. The van der Waals surface area contributed by atoms with Crippen molar-refractivity contribution >= 4 is 0 Å². The summed E-state index contributed by atoms with van der Waals surface area (Å²) >= 11 is 0. The van der Waals surface area contributed by atoms with E-state index in [1.165, 1.54) is 60.8 Å². The molecule has 4 aromatic carbocycles. The molecule has 4 aromatic rings. The summed E-state index contributed by atoms with van der Waals surface area (Å²) in [5, 5.41) is 23.4. The molecule has 2 atom stereocenters. The normalized spacial score (nSPS) is 17.9. The number of hydrogen-bond acceptors (Lipinski definition) is 2. The van der Waals surface area contributed by atoms with Crippen LogP contribution in [0.3, 0.4) is 0 Å². The Labute approximate surface area is 258 Å². The van der Waals surface area contributed by atoms with Crippen LogP contribution in [0.1, 0.15) is 146 Å². The second-order valence-electron chi connectivity index (χ2n) is 13.3. The van der Waals surface area contributed by atoms with Gasteiger partial charge in [-0.1, -0.05) is 125 Å². The molecule has 0 aliphatic heterocycles. The van der Waals surface area contributed by atoms with Crippen molar-refractivity contribution in [3.8, 4) is 11.5 Å². The maximum Gasteiger partial charge on any atom is 0.119 e. The zero-order valence-electron chi connectivity index (χ0n) is 26.1. The van der Waals surface area contributed by atoms with E-state index in [0.29, 0.717) is 23.3 Å². The Morgan fingerprint density at radius 3 is 1.26 bits per heavy atom. The van der Waals surface area contributed by atoms with Gasteiger partial charge in [0, 0.05) is 23.0 Å². The van der Waals surface area contributed by atoms with E-state index < -0.39 is 0 Å². The lowest BCUT2D eigenvalue weighted by molar-refractivity contribution is 0.409. The molecule has 0 heterocycles. The minimum atomic E-state index is 0.182. The van der Waals surface area contributed by atoms with Crippen LogP contribution in [0, 0.1) is 0 Å². The van der Waals surface area contributed by atoms with Crippen LogP contribution in [0.15, 0.2) is 84.9 Å². The second kappa shape index (κ2) is 13.4. The van der Waals surface area contributed by atoms with Crippen molar-refractivity contribution in [1.82, 2.24) is 0 Å². The van der Waals surface area contributed by atoms with Gasteiger partial charge >= 0.3 is 0 Å². The molecule has 2 N–H and O–H groups in total. The van der Waals surface area contributed by atoms with Crippen molar-refractivity contribution in [3.05, 3.63) is 129 Å². The van der Waals surface area contributed by atoms with Gasteiger partial charge in [0.1, 0.15) is 11.5 Å². The minimum absolute atomic E-state index is 0.182. The van der Waals surface area contributed by atoms with Crippen LogP contribution in [0.2, 0.25) is 0 Å². The van der Waals surface area contributed by atoms with Gasteiger partial charge in [0.25, 0.3) is 0 Å². The average Bonchev–Trinajstić information content (AvgIpc) is 3.05. The molecule has 6 rings (SSSR count). The molecule has 2 nitrogen and oxygen atoms in total. The summed E-state index contributed by atoms with van der Waals surface area (Å²) in [6.07, 6.45) is 12.8. The number of hydrogen-bond donors (Lipinski definition) is 2. The third-order valence-corrected chi connectivity index (χ3v) is 10.5. The molecule has 0 amide bonds. The van der Waals surface area contributed by atoms with E-state index in [0.717, 1.165) is 54.4 Å². The Hall–Kier alpha value is -3.52. The molecule has 0 aromatic heterocycles. The first kappa shape index (κ1) is 29.5. The second-order valence-corrected chi connectivity index (χ2v) is 13.3. The summed E-state index contributed by atoms with van der Waals surface area (Å²) in [5.74, 6) is 2.06. The van der Waals surface area contributed by atoms with Gasteiger partial charge in [-0.05, 0) is 89.5 Å². The van der Waals surface area contributed by atoms with Crippen molar-refractivity contribution < 1.29 is 10.2 Å². The van der Waals surface area contributed by atoms with Crippen molar-refractivity contribution in [2.24, 2.45) is 0 Å². The van der Waals surface area contributed by atoms with Crippen LogP contribution >= 0.6 is 0 Å². The van der Waals surface area contributed by atoms with E-state index in [1.54, 1.807) is 0 Å². The Balaban J connectivity index is 1.47. The molecule has 2 aliphatic carbocycles. The largest absolute Gasteiger partial charge is 0.508 e. The molecule has 2 saturated carbocycles. The lowest BCUT2D eigenvalue weighted by atomic mass is 9.76. The zero-order chi connectivity index (χ0) is 29.8. The van der Waals surface area contributed by atoms with Crippen LogP contribution < -0.4 is 0 Å². The summed E-state index contributed by atoms with van der Waals surface area (Å²) in [4.78, 5) is 0. The van der Waals surface area contributed by atoms with Crippen LogP contribution in [0.4, 0.5) is 0 Å². The van der Waals surface area contributed by atoms with Gasteiger partial charge < -0.3 is 10.2 Å². The molecular weight excluding hydrogens is 524 g/mol. The van der Waals surface area contributed by atoms with Crippen LogP contribution in [0.5, 0.6) is 11.5 Å². The summed E-state index contributed by atoms with van der Waals surface area (Å²) in [7, 11) is 0. The van der Waals surface area contributed by atoms with Gasteiger partial charge in [0.2, 0.25) is 0 Å². The monoisotopic (exact) mass is 572 g/mol. The van der Waals surface area contributed by atoms with Crippen molar-refractivity contribution in [2.75, 3.05) is 0 Å². The molecule has 0 spiro atoms. The number of phenols is 2. The molecule has 2 unspecified atom stereocenters. The first-order valence-electron chi connectivity index (χ1n) is 16.8. The maximum atomic E-state index is 11.7. The van der Waals surface area contributed by atoms with Crippen LogP contribution in [-0.4, -0.2) is 10.2 Å². The number of rotatable bonds is 8. The standard InChI is InChI=1S/C41H48O2/c1-28(30-15-7-3-8-16-30)34-23-36(40(38(42)26-34)32-19-11-5-12-20-32)25-37-24-35(29(2)31-17-9-4-10-18-31)27-39(43)41(37)33-21-13-6-14-22-33/h3-4,7-10,15-18,23-24,26-29,32-33,42-43H,5-6,11-14,19-22,25H2,1-2H3.